The van der Waals surface area contributed by atoms with Gasteiger partial charge in [-0.25, -0.2) is 0 Å². The Morgan fingerprint density at radius 1 is 1.19 bits per heavy atom. The van der Waals surface area contributed by atoms with Crippen molar-refractivity contribution in [3.8, 4) is 0 Å². The number of aliphatic hydroxyl groups excluding tert-OH is 1. The van der Waals surface area contributed by atoms with E-state index in [1.165, 1.54) is 16.8 Å². The third-order valence-electron chi connectivity index (χ3n) is 3.58. The molecule has 1 aliphatic rings. The number of rotatable bonds is 9. The number of likely N-dealkylation sites (N-methyl/N-ethyl adjacent to an activating group) is 1. The molecule has 0 bridgehead atoms. The third-order valence-corrected chi connectivity index (χ3v) is 3.58. The molecule has 116 valence electrons. The number of nitrogens with one attached hydrogen (secondary N) is 3. The van der Waals surface area contributed by atoms with Gasteiger partial charge < -0.3 is 26.0 Å². The molecule has 0 aliphatic carbocycles. The Morgan fingerprint density at radius 3 is 2.90 bits per heavy atom. The van der Waals surface area contributed by atoms with E-state index in [2.05, 4.69) is 51.3 Å². The predicted octanol–water partition coefficient (Wildman–Crippen LogP) is 0.686. The zero-order valence-electron chi connectivity index (χ0n) is 12.7. The Bertz CT molecular complexity index is 462. The molecule has 5 heteroatoms. The van der Waals surface area contributed by atoms with E-state index in [4.69, 9.17) is 5.11 Å². The highest BCUT2D eigenvalue weighted by molar-refractivity contribution is 5.70. The molecule has 0 spiro atoms. The van der Waals surface area contributed by atoms with Crippen molar-refractivity contribution >= 4 is 11.8 Å². The lowest BCUT2D eigenvalue weighted by Crippen LogP contribution is -2.28. The zero-order chi connectivity index (χ0) is 14.9. The van der Waals surface area contributed by atoms with E-state index in [1.807, 2.05) is 7.05 Å². The van der Waals surface area contributed by atoms with Crippen molar-refractivity contribution < 1.29 is 5.11 Å². The van der Waals surface area contributed by atoms with Crippen molar-refractivity contribution in [1.82, 2.24) is 15.5 Å². The molecule has 5 nitrogen and oxygen atoms in total. The van der Waals surface area contributed by atoms with Crippen LogP contribution in [0.4, 0.5) is 5.69 Å². The van der Waals surface area contributed by atoms with E-state index < -0.39 is 0 Å². The summed E-state index contributed by atoms with van der Waals surface area (Å²) >= 11 is 0. The van der Waals surface area contributed by atoms with E-state index in [1.54, 1.807) is 0 Å². The van der Waals surface area contributed by atoms with Crippen LogP contribution in [-0.2, 0) is 6.54 Å². The van der Waals surface area contributed by atoms with Gasteiger partial charge in [-0.3, -0.25) is 0 Å². The first-order valence-electron chi connectivity index (χ1n) is 7.59. The third kappa shape index (κ3) is 4.74. The van der Waals surface area contributed by atoms with Gasteiger partial charge in [0.1, 0.15) is 0 Å². The summed E-state index contributed by atoms with van der Waals surface area (Å²) in [5, 5.41) is 18.5. The number of anilines is 1. The number of hydrogen-bond acceptors (Lipinski definition) is 5. The van der Waals surface area contributed by atoms with Crippen LogP contribution in [0.1, 0.15) is 11.1 Å². The van der Waals surface area contributed by atoms with E-state index in [0.29, 0.717) is 6.54 Å². The Labute approximate surface area is 127 Å². The van der Waals surface area contributed by atoms with Crippen molar-refractivity contribution in [2.45, 2.75) is 6.54 Å². The number of aliphatic hydroxyl groups is 1. The fourth-order valence-electron chi connectivity index (χ4n) is 2.45. The zero-order valence-corrected chi connectivity index (χ0v) is 12.7. The van der Waals surface area contributed by atoms with E-state index >= 15 is 0 Å². The highest BCUT2D eigenvalue weighted by atomic mass is 16.3. The SMILES string of the molecule is CNCCN1C=Cc2c(cccc2NCCNCCO)C1. The Balaban J connectivity index is 1.91. The summed E-state index contributed by atoms with van der Waals surface area (Å²) in [5.74, 6) is 0. The average molecular weight is 290 g/mol. The molecule has 0 radical (unpaired) electrons. The summed E-state index contributed by atoms with van der Waals surface area (Å²) in [6.45, 7) is 5.52. The van der Waals surface area contributed by atoms with Crippen molar-refractivity contribution in [2.24, 2.45) is 0 Å². The number of benzene rings is 1. The Morgan fingerprint density at radius 2 is 2.10 bits per heavy atom. The monoisotopic (exact) mass is 290 g/mol. The van der Waals surface area contributed by atoms with Gasteiger partial charge in [-0.1, -0.05) is 12.1 Å². The first-order chi connectivity index (χ1) is 10.3. The van der Waals surface area contributed by atoms with Crippen LogP contribution < -0.4 is 16.0 Å². The van der Waals surface area contributed by atoms with Gasteiger partial charge in [0.15, 0.2) is 0 Å². The van der Waals surface area contributed by atoms with Crippen molar-refractivity contribution in [3.63, 3.8) is 0 Å². The van der Waals surface area contributed by atoms with Gasteiger partial charge in [-0.2, -0.15) is 0 Å². The standard InChI is InChI=1S/C16H26N4O/c1-17-8-11-20-10-5-15-14(13-20)3-2-4-16(15)19-7-6-18-9-12-21/h2-5,10,17-19,21H,6-9,11-13H2,1H3. The number of nitrogens with zero attached hydrogens (tertiary/aromatic N) is 1. The van der Waals surface area contributed by atoms with Gasteiger partial charge in [0.2, 0.25) is 0 Å². The minimum absolute atomic E-state index is 0.186. The lowest BCUT2D eigenvalue weighted by atomic mass is 10.0. The van der Waals surface area contributed by atoms with Gasteiger partial charge in [-0.15, -0.1) is 0 Å². The van der Waals surface area contributed by atoms with Crippen molar-refractivity contribution in [2.75, 3.05) is 51.7 Å². The molecule has 1 aliphatic heterocycles. The molecule has 0 fully saturated rings. The normalized spacial score (nSPS) is 13.3. The summed E-state index contributed by atoms with van der Waals surface area (Å²) in [6.07, 6.45) is 4.37. The molecule has 0 unspecified atom stereocenters. The molecule has 0 saturated heterocycles. The first-order valence-corrected chi connectivity index (χ1v) is 7.59. The number of hydrogen-bond donors (Lipinski definition) is 4. The van der Waals surface area contributed by atoms with Crippen LogP contribution in [0.5, 0.6) is 0 Å². The first kappa shape index (κ1) is 15.8. The summed E-state index contributed by atoms with van der Waals surface area (Å²) in [6, 6.07) is 6.43. The van der Waals surface area contributed by atoms with E-state index in [0.717, 1.165) is 32.7 Å². The lowest BCUT2D eigenvalue weighted by molar-refractivity contribution is 0.293. The molecule has 0 saturated carbocycles. The molecule has 0 amide bonds. The van der Waals surface area contributed by atoms with Gasteiger partial charge >= 0.3 is 0 Å². The minimum atomic E-state index is 0.186. The molecule has 4 N–H and O–H groups in total. The smallest absolute Gasteiger partial charge is 0.0555 e. The highest BCUT2D eigenvalue weighted by Crippen LogP contribution is 2.26. The fraction of sp³-hybridized carbons (Fsp3) is 0.500. The van der Waals surface area contributed by atoms with Crippen molar-refractivity contribution in [1.29, 1.82) is 0 Å². The molecular weight excluding hydrogens is 264 g/mol. The summed E-state index contributed by atoms with van der Waals surface area (Å²) in [7, 11) is 1.98. The maximum Gasteiger partial charge on any atom is 0.0555 e. The fourth-order valence-corrected chi connectivity index (χ4v) is 2.45. The van der Waals surface area contributed by atoms with Crippen LogP contribution in [-0.4, -0.2) is 56.4 Å². The average Bonchev–Trinajstić information content (AvgIpc) is 2.52. The van der Waals surface area contributed by atoms with Crippen molar-refractivity contribution in [3.05, 3.63) is 35.5 Å². The Kier molecular flexibility index (Phi) is 6.53. The molecule has 21 heavy (non-hydrogen) atoms. The van der Waals surface area contributed by atoms with Crippen LogP contribution in [0.2, 0.25) is 0 Å². The predicted molar refractivity (Wildman–Crippen MR) is 88.3 cm³/mol. The van der Waals surface area contributed by atoms with Crippen LogP contribution in [0.3, 0.4) is 0 Å². The summed E-state index contributed by atoms with van der Waals surface area (Å²) in [4.78, 5) is 2.32. The second kappa shape index (κ2) is 8.67. The minimum Gasteiger partial charge on any atom is -0.395 e. The lowest BCUT2D eigenvalue weighted by Gasteiger charge is -2.26. The van der Waals surface area contributed by atoms with Crippen LogP contribution >= 0.6 is 0 Å². The van der Waals surface area contributed by atoms with Crippen LogP contribution in [0.15, 0.2) is 24.4 Å². The summed E-state index contributed by atoms with van der Waals surface area (Å²) < 4.78 is 0. The molecule has 1 heterocycles. The Hall–Kier alpha value is -1.56. The van der Waals surface area contributed by atoms with E-state index in [9.17, 15) is 0 Å². The second-order valence-corrected chi connectivity index (χ2v) is 5.17. The van der Waals surface area contributed by atoms with Crippen LogP contribution in [0.25, 0.3) is 6.08 Å². The molecule has 2 rings (SSSR count). The van der Waals surface area contributed by atoms with Gasteiger partial charge in [0.05, 0.1) is 6.61 Å². The highest BCUT2D eigenvalue weighted by Gasteiger charge is 2.12. The second-order valence-electron chi connectivity index (χ2n) is 5.17. The topological polar surface area (TPSA) is 59.6 Å². The number of fused-ring (bicyclic) bond motifs is 1. The molecule has 1 aromatic rings. The van der Waals surface area contributed by atoms with E-state index in [-0.39, 0.29) is 6.61 Å². The largest absolute Gasteiger partial charge is 0.395 e. The molecular formula is C16H26N4O. The van der Waals surface area contributed by atoms with Gasteiger partial charge in [0, 0.05) is 56.7 Å². The van der Waals surface area contributed by atoms with Gasteiger partial charge in [-0.05, 0) is 24.8 Å². The van der Waals surface area contributed by atoms with Crippen LogP contribution in [0, 0.1) is 0 Å². The molecule has 0 atom stereocenters. The molecule has 1 aromatic carbocycles. The molecule has 0 aromatic heterocycles. The summed E-state index contributed by atoms with van der Waals surface area (Å²) in [5.41, 5.74) is 3.84. The maximum atomic E-state index is 8.73. The van der Waals surface area contributed by atoms with Gasteiger partial charge in [0.25, 0.3) is 0 Å². The quantitative estimate of drug-likeness (QED) is 0.504. The maximum absolute atomic E-state index is 8.73.